The SMILES string of the molecule is CCC(C)(CCOC(C)(C)C(C)(C)c1ccc(C(C)(C)c2ccc(OCC3CO3)cc2)cc1)Oc1ccc(C(C)(C)c2ccc(C(C)(C)OCC3CO3)cc2)cc1. The van der Waals surface area contributed by atoms with E-state index in [0.717, 1.165) is 37.6 Å². The molecule has 0 radical (unpaired) electrons. The van der Waals surface area contributed by atoms with Crippen molar-refractivity contribution < 1.29 is 28.4 Å². The maximum atomic E-state index is 6.76. The number of hydrogen-bond acceptors (Lipinski definition) is 6. The van der Waals surface area contributed by atoms with Crippen molar-refractivity contribution in [1.82, 2.24) is 0 Å². The lowest BCUT2D eigenvalue weighted by Crippen LogP contribution is -2.46. The molecule has 2 aliphatic rings. The molecule has 2 fully saturated rings. The van der Waals surface area contributed by atoms with E-state index in [9.17, 15) is 0 Å². The van der Waals surface area contributed by atoms with Crippen LogP contribution in [-0.2, 0) is 40.8 Å². The van der Waals surface area contributed by atoms with E-state index in [1.165, 1.54) is 33.4 Å². The van der Waals surface area contributed by atoms with Crippen LogP contribution in [0.5, 0.6) is 11.5 Å². The fraction of sp³-hybridized carbons (Fsp3) is 0.529. The Morgan fingerprint density at radius 1 is 0.509 bits per heavy atom. The Kier molecular flexibility index (Phi) is 12.4. The van der Waals surface area contributed by atoms with Gasteiger partial charge >= 0.3 is 0 Å². The van der Waals surface area contributed by atoms with Gasteiger partial charge in [0.05, 0.1) is 37.6 Å². The highest BCUT2D eigenvalue weighted by Crippen LogP contribution is 2.41. The lowest BCUT2D eigenvalue weighted by molar-refractivity contribution is -0.0824. The Labute approximate surface area is 343 Å². The van der Waals surface area contributed by atoms with E-state index in [0.29, 0.717) is 19.8 Å². The average molecular weight is 777 g/mol. The van der Waals surface area contributed by atoms with Crippen LogP contribution in [0.1, 0.15) is 129 Å². The molecule has 308 valence electrons. The minimum absolute atomic E-state index is 0.154. The van der Waals surface area contributed by atoms with E-state index in [2.05, 4.69) is 180 Å². The molecule has 2 aliphatic heterocycles. The second-order valence-corrected chi connectivity index (χ2v) is 19.1. The molecule has 3 unspecified atom stereocenters. The minimum Gasteiger partial charge on any atom is -0.491 e. The highest BCUT2D eigenvalue weighted by atomic mass is 16.6. The van der Waals surface area contributed by atoms with E-state index >= 15 is 0 Å². The summed E-state index contributed by atoms with van der Waals surface area (Å²) >= 11 is 0. The van der Waals surface area contributed by atoms with Crippen molar-refractivity contribution in [3.05, 3.63) is 130 Å². The van der Waals surface area contributed by atoms with Gasteiger partial charge in [-0.1, -0.05) is 121 Å². The van der Waals surface area contributed by atoms with Crippen molar-refractivity contribution in [3.63, 3.8) is 0 Å². The largest absolute Gasteiger partial charge is 0.491 e. The summed E-state index contributed by atoms with van der Waals surface area (Å²) in [6.07, 6.45) is 2.15. The standard InChI is InChI=1S/C51H68O6/c1-13-51(12,57-43-28-24-39(25-29-43)47(4,5)37-16-20-41(21-17-37)49(8,9)56-35-45-34-54-45)30-31-55-50(10,11)48(6,7)40-18-14-36(15-19-40)46(2,3)38-22-26-42(27-23-38)52-32-44-33-53-44/h14-29,44-45H,13,30-35H2,1-12H3. The van der Waals surface area contributed by atoms with E-state index in [1.807, 2.05) is 0 Å². The second-order valence-electron chi connectivity index (χ2n) is 19.1. The number of rotatable bonds is 20. The summed E-state index contributed by atoms with van der Waals surface area (Å²) in [5, 5.41) is 0. The van der Waals surface area contributed by atoms with Gasteiger partial charge < -0.3 is 28.4 Å². The Balaban J connectivity index is 1.03. The Morgan fingerprint density at radius 2 is 0.912 bits per heavy atom. The van der Waals surface area contributed by atoms with Gasteiger partial charge in [-0.2, -0.15) is 0 Å². The maximum Gasteiger partial charge on any atom is 0.120 e. The van der Waals surface area contributed by atoms with Gasteiger partial charge in [-0.15, -0.1) is 0 Å². The lowest BCUT2D eigenvalue weighted by Gasteiger charge is -2.43. The van der Waals surface area contributed by atoms with E-state index in [1.54, 1.807) is 0 Å². The molecule has 2 saturated heterocycles. The zero-order valence-electron chi connectivity index (χ0n) is 36.8. The molecule has 4 aromatic carbocycles. The summed E-state index contributed by atoms with van der Waals surface area (Å²) < 4.78 is 36.1. The van der Waals surface area contributed by atoms with Crippen molar-refractivity contribution in [2.75, 3.05) is 33.0 Å². The van der Waals surface area contributed by atoms with Crippen molar-refractivity contribution in [1.29, 1.82) is 0 Å². The van der Waals surface area contributed by atoms with Crippen molar-refractivity contribution >= 4 is 0 Å². The van der Waals surface area contributed by atoms with Crippen LogP contribution in [0.2, 0.25) is 0 Å². The summed E-state index contributed by atoms with van der Waals surface area (Å²) in [5.74, 6) is 1.76. The molecule has 0 saturated carbocycles. The van der Waals surface area contributed by atoms with Gasteiger partial charge in [0.25, 0.3) is 0 Å². The van der Waals surface area contributed by atoms with Crippen LogP contribution in [0.15, 0.2) is 97.1 Å². The normalized spacial score (nSPS) is 18.5. The molecule has 57 heavy (non-hydrogen) atoms. The van der Waals surface area contributed by atoms with Gasteiger partial charge in [0.2, 0.25) is 0 Å². The quantitative estimate of drug-likeness (QED) is 0.0833. The monoisotopic (exact) mass is 777 g/mol. The van der Waals surface area contributed by atoms with Crippen LogP contribution in [0.4, 0.5) is 0 Å². The van der Waals surface area contributed by atoms with Crippen LogP contribution < -0.4 is 9.47 Å². The predicted octanol–water partition coefficient (Wildman–Crippen LogP) is 11.5. The molecule has 0 aliphatic carbocycles. The van der Waals surface area contributed by atoms with Crippen molar-refractivity contribution in [3.8, 4) is 11.5 Å². The number of ether oxygens (including phenoxy) is 6. The average Bonchev–Trinajstić information content (AvgIpc) is 4.13. The third-order valence-electron chi connectivity index (χ3n) is 13.4. The zero-order valence-corrected chi connectivity index (χ0v) is 36.8. The first-order valence-corrected chi connectivity index (χ1v) is 21.0. The third-order valence-corrected chi connectivity index (χ3v) is 13.4. The smallest absolute Gasteiger partial charge is 0.120 e. The topological polar surface area (TPSA) is 62.0 Å². The Bertz CT molecular complexity index is 1900. The molecule has 0 N–H and O–H groups in total. The molecule has 4 aromatic rings. The van der Waals surface area contributed by atoms with E-state index < -0.39 is 5.60 Å². The van der Waals surface area contributed by atoms with Crippen molar-refractivity contribution in [2.45, 2.75) is 141 Å². The van der Waals surface area contributed by atoms with Crippen LogP contribution in [0.25, 0.3) is 0 Å². The molecule has 6 rings (SSSR count). The predicted molar refractivity (Wildman–Crippen MR) is 231 cm³/mol. The first kappa shape index (κ1) is 42.9. The second kappa shape index (κ2) is 16.5. The van der Waals surface area contributed by atoms with Gasteiger partial charge in [-0.25, -0.2) is 0 Å². The fourth-order valence-electron chi connectivity index (χ4n) is 7.37. The lowest BCUT2D eigenvalue weighted by atomic mass is 9.70. The molecule has 6 nitrogen and oxygen atoms in total. The summed E-state index contributed by atoms with van der Waals surface area (Å²) in [7, 11) is 0. The van der Waals surface area contributed by atoms with Gasteiger partial charge in [0.15, 0.2) is 0 Å². The summed E-state index contributed by atoms with van der Waals surface area (Å²) in [4.78, 5) is 0. The summed E-state index contributed by atoms with van der Waals surface area (Å²) in [6.45, 7) is 30.2. The van der Waals surface area contributed by atoms with Crippen LogP contribution in [-0.4, -0.2) is 56.4 Å². The van der Waals surface area contributed by atoms with Gasteiger partial charge in [-0.05, 0) is 98.7 Å². The molecule has 2 heterocycles. The van der Waals surface area contributed by atoms with Crippen LogP contribution >= 0.6 is 0 Å². The fourth-order valence-corrected chi connectivity index (χ4v) is 7.37. The van der Waals surface area contributed by atoms with Gasteiger partial charge in [-0.3, -0.25) is 0 Å². The Hall–Kier alpha value is -3.68. The molecular formula is C51H68O6. The third kappa shape index (κ3) is 10.1. The Morgan fingerprint density at radius 3 is 1.37 bits per heavy atom. The van der Waals surface area contributed by atoms with Gasteiger partial charge in [0, 0.05) is 22.7 Å². The van der Waals surface area contributed by atoms with Crippen LogP contribution in [0.3, 0.4) is 0 Å². The number of hydrogen-bond donors (Lipinski definition) is 0. The maximum absolute atomic E-state index is 6.76. The van der Waals surface area contributed by atoms with Crippen LogP contribution in [0, 0.1) is 0 Å². The van der Waals surface area contributed by atoms with Crippen molar-refractivity contribution in [2.24, 2.45) is 0 Å². The molecule has 3 atom stereocenters. The molecule has 6 heteroatoms. The zero-order chi connectivity index (χ0) is 41.3. The summed E-state index contributed by atoms with van der Waals surface area (Å²) in [5.41, 5.74) is 5.74. The van der Waals surface area contributed by atoms with E-state index in [-0.39, 0.29) is 39.7 Å². The van der Waals surface area contributed by atoms with E-state index in [4.69, 9.17) is 28.4 Å². The molecule has 0 spiro atoms. The molecule has 0 bridgehead atoms. The molecule has 0 amide bonds. The minimum atomic E-state index is -0.417. The molecule has 0 aromatic heterocycles. The first-order chi connectivity index (χ1) is 26.8. The number of benzene rings is 4. The highest BCUT2D eigenvalue weighted by molar-refractivity contribution is 5.43. The number of epoxide rings is 2. The first-order valence-electron chi connectivity index (χ1n) is 21.0. The molecular weight excluding hydrogens is 709 g/mol. The summed E-state index contributed by atoms with van der Waals surface area (Å²) in [6, 6.07) is 35.1. The highest BCUT2D eigenvalue weighted by Gasteiger charge is 2.40. The van der Waals surface area contributed by atoms with Gasteiger partial charge in [0.1, 0.15) is 35.9 Å².